The summed E-state index contributed by atoms with van der Waals surface area (Å²) in [6.07, 6.45) is 0.249. The Kier molecular flexibility index (Phi) is 5.49. The standard InChI is InChI=1S/C21H18FNO3/c1-25-19-6-2-4-15(12-19)13-21(24)23-17-8-10-18(11-9-17)26-20-7-3-5-16(22)14-20/h2-12,14H,13H2,1H3,(H,23,24). The van der Waals surface area contributed by atoms with E-state index in [1.54, 1.807) is 43.5 Å². The summed E-state index contributed by atoms with van der Waals surface area (Å²) in [5.74, 6) is 1.20. The zero-order valence-electron chi connectivity index (χ0n) is 14.2. The predicted octanol–water partition coefficient (Wildman–Crippen LogP) is 4.81. The molecule has 0 bridgehead atoms. The maximum Gasteiger partial charge on any atom is 0.228 e. The van der Waals surface area contributed by atoms with Crippen molar-refractivity contribution in [3.63, 3.8) is 0 Å². The van der Waals surface area contributed by atoms with Gasteiger partial charge in [0, 0.05) is 11.8 Å². The molecule has 3 rings (SSSR count). The minimum absolute atomic E-state index is 0.128. The molecule has 26 heavy (non-hydrogen) atoms. The number of ether oxygens (including phenoxy) is 2. The third kappa shape index (κ3) is 4.83. The number of hydrogen-bond acceptors (Lipinski definition) is 3. The lowest BCUT2D eigenvalue weighted by Gasteiger charge is -2.09. The number of carbonyl (C=O) groups excluding carboxylic acids is 1. The van der Waals surface area contributed by atoms with Crippen LogP contribution in [0, 0.1) is 5.82 Å². The number of carbonyl (C=O) groups is 1. The van der Waals surface area contributed by atoms with Crippen molar-refractivity contribution in [3.8, 4) is 17.2 Å². The summed E-state index contributed by atoms with van der Waals surface area (Å²) in [7, 11) is 1.59. The lowest BCUT2D eigenvalue weighted by molar-refractivity contribution is -0.115. The second-order valence-corrected chi connectivity index (χ2v) is 5.66. The number of rotatable bonds is 6. The number of halogens is 1. The summed E-state index contributed by atoms with van der Waals surface area (Å²) >= 11 is 0. The molecule has 0 saturated heterocycles. The second kappa shape index (κ2) is 8.16. The number of nitrogens with one attached hydrogen (secondary N) is 1. The van der Waals surface area contributed by atoms with Crippen molar-refractivity contribution in [2.24, 2.45) is 0 Å². The third-order valence-electron chi connectivity index (χ3n) is 3.67. The van der Waals surface area contributed by atoms with Crippen LogP contribution in [0.3, 0.4) is 0 Å². The van der Waals surface area contributed by atoms with Gasteiger partial charge in [-0.2, -0.15) is 0 Å². The molecule has 1 N–H and O–H groups in total. The molecule has 132 valence electrons. The first kappa shape index (κ1) is 17.5. The fourth-order valence-electron chi connectivity index (χ4n) is 2.45. The van der Waals surface area contributed by atoms with Gasteiger partial charge in [0.25, 0.3) is 0 Å². The van der Waals surface area contributed by atoms with Crippen LogP contribution >= 0.6 is 0 Å². The fourth-order valence-corrected chi connectivity index (χ4v) is 2.45. The van der Waals surface area contributed by atoms with Crippen molar-refractivity contribution >= 4 is 11.6 Å². The van der Waals surface area contributed by atoms with Gasteiger partial charge in [-0.3, -0.25) is 4.79 Å². The number of amides is 1. The Morgan fingerprint density at radius 3 is 2.38 bits per heavy atom. The van der Waals surface area contributed by atoms with Crippen molar-refractivity contribution < 1.29 is 18.7 Å². The van der Waals surface area contributed by atoms with E-state index in [1.165, 1.54) is 12.1 Å². The van der Waals surface area contributed by atoms with Gasteiger partial charge in [0.1, 0.15) is 23.1 Å². The first-order chi connectivity index (χ1) is 12.6. The lowest BCUT2D eigenvalue weighted by Crippen LogP contribution is -2.14. The summed E-state index contributed by atoms with van der Waals surface area (Å²) in [5, 5.41) is 2.83. The first-order valence-electron chi connectivity index (χ1n) is 8.08. The van der Waals surface area contributed by atoms with Crippen molar-refractivity contribution in [3.05, 3.63) is 84.2 Å². The Morgan fingerprint density at radius 1 is 0.923 bits per heavy atom. The number of benzene rings is 3. The largest absolute Gasteiger partial charge is 0.497 e. The quantitative estimate of drug-likeness (QED) is 0.693. The van der Waals surface area contributed by atoms with Crippen LogP contribution in [0.1, 0.15) is 5.56 Å². The molecule has 0 radical (unpaired) electrons. The number of methoxy groups -OCH3 is 1. The van der Waals surface area contributed by atoms with Gasteiger partial charge >= 0.3 is 0 Å². The highest BCUT2D eigenvalue weighted by molar-refractivity contribution is 5.92. The van der Waals surface area contributed by atoms with Gasteiger partial charge in [0.05, 0.1) is 13.5 Å². The Morgan fingerprint density at radius 2 is 1.65 bits per heavy atom. The van der Waals surface area contributed by atoms with Crippen LogP contribution in [-0.4, -0.2) is 13.0 Å². The summed E-state index contributed by atoms with van der Waals surface area (Å²) < 4.78 is 23.9. The lowest BCUT2D eigenvalue weighted by atomic mass is 10.1. The van der Waals surface area contributed by atoms with Crippen LogP contribution in [-0.2, 0) is 11.2 Å². The zero-order valence-corrected chi connectivity index (χ0v) is 14.2. The fraction of sp³-hybridized carbons (Fsp3) is 0.0952. The summed E-state index contributed by atoms with van der Waals surface area (Å²) in [6, 6.07) is 20.2. The van der Waals surface area contributed by atoms with Crippen LogP contribution in [0.2, 0.25) is 0 Å². The van der Waals surface area contributed by atoms with Gasteiger partial charge in [-0.25, -0.2) is 4.39 Å². The molecular formula is C21H18FNO3. The molecule has 3 aromatic rings. The molecule has 3 aromatic carbocycles. The van der Waals surface area contributed by atoms with E-state index in [4.69, 9.17) is 9.47 Å². The molecule has 4 nitrogen and oxygen atoms in total. The van der Waals surface area contributed by atoms with Crippen LogP contribution < -0.4 is 14.8 Å². The van der Waals surface area contributed by atoms with E-state index in [2.05, 4.69) is 5.32 Å². The van der Waals surface area contributed by atoms with Crippen LogP contribution in [0.5, 0.6) is 17.2 Å². The Bertz CT molecular complexity index is 894. The van der Waals surface area contributed by atoms with E-state index in [9.17, 15) is 9.18 Å². The predicted molar refractivity (Wildman–Crippen MR) is 98.2 cm³/mol. The topological polar surface area (TPSA) is 47.6 Å². The smallest absolute Gasteiger partial charge is 0.228 e. The van der Waals surface area contributed by atoms with Gasteiger partial charge in [0.2, 0.25) is 5.91 Å². The molecule has 0 saturated carbocycles. The SMILES string of the molecule is COc1cccc(CC(=O)Nc2ccc(Oc3cccc(F)c3)cc2)c1. The van der Waals surface area contributed by atoms with Crippen LogP contribution in [0.25, 0.3) is 0 Å². The van der Waals surface area contributed by atoms with E-state index in [0.717, 1.165) is 5.56 Å². The Hall–Kier alpha value is -3.34. The molecule has 0 heterocycles. The van der Waals surface area contributed by atoms with Gasteiger partial charge in [0.15, 0.2) is 0 Å². The average Bonchev–Trinajstić information content (AvgIpc) is 2.63. The maximum atomic E-state index is 13.2. The number of hydrogen-bond donors (Lipinski definition) is 1. The minimum Gasteiger partial charge on any atom is -0.497 e. The molecule has 0 atom stereocenters. The normalized spacial score (nSPS) is 10.2. The van der Waals surface area contributed by atoms with Crippen molar-refractivity contribution in [2.45, 2.75) is 6.42 Å². The summed E-state index contributed by atoms with van der Waals surface area (Å²) in [6.45, 7) is 0. The molecule has 0 aliphatic carbocycles. The Balaban J connectivity index is 1.59. The van der Waals surface area contributed by atoms with Crippen LogP contribution in [0.15, 0.2) is 72.8 Å². The van der Waals surface area contributed by atoms with Crippen molar-refractivity contribution in [2.75, 3.05) is 12.4 Å². The van der Waals surface area contributed by atoms with Gasteiger partial charge < -0.3 is 14.8 Å². The molecule has 0 aromatic heterocycles. The molecule has 5 heteroatoms. The van der Waals surface area contributed by atoms with Gasteiger partial charge in [-0.05, 0) is 54.1 Å². The molecule has 0 fully saturated rings. The summed E-state index contributed by atoms with van der Waals surface area (Å²) in [5.41, 5.74) is 1.53. The zero-order chi connectivity index (χ0) is 18.4. The van der Waals surface area contributed by atoms with E-state index >= 15 is 0 Å². The van der Waals surface area contributed by atoms with Crippen molar-refractivity contribution in [1.82, 2.24) is 0 Å². The molecule has 0 unspecified atom stereocenters. The second-order valence-electron chi connectivity index (χ2n) is 5.66. The Labute approximate surface area is 151 Å². The molecule has 1 amide bonds. The number of anilines is 1. The van der Waals surface area contributed by atoms with E-state index in [-0.39, 0.29) is 18.1 Å². The first-order valence-corrected chi connectivity index (χ1v) is 8.08. The third-order valence-corrected chi connectivity index (χ3v) is 3.67. The molecule has 0 aliphatic rings. The molecule has 0 spiro atoms. The monoisotopic (exact) mass is 351 g/mol. The summed E-state index contributed by atoms with van der Waals surface area (Å²) in [4.78, 5) is 12.2. The highest BCUT2D eigenvalue weighted by Gasteiger charge is 2.06. The highest BCUT2D eigenvalue weighted by Crippen LogP contribution is 2.23. The van der Waals surface area contributed by atoms with Crippen LogP contribution in [0.4, 0.5) is 10.1 Å². The highest BCUT2D eigenvalue weighted by atomic mass is 19.1. The van der Waals surface area contributed by atoms with E-state index < -0.39 is 0 Å². The molecular weight excluding hydrogens is 333 g/mol. The maximum absolute atomic E-state index is 13.2. The van der Waals surface area contributed by atoms with Gasteiger partial charge in [-0.1, -0.05) is 18.2 Å². The van der Waals surface area contributed by atoms with E-state index in [1.807, 2.05) is 24.3 Å². The minimum atomic E-state index is -0.357. The van der Waals surface area contributed by atoms with Crippen molar-refractivity contribution in [1.29, 1.82) is 0 Å². The van der Waals surface area contributed by atoms with E-state index in [0.29, 0.717) is 22.9 Å². The molecule has 0 aliphatic heterocycles. The van der Waals surface area contributed by atoms with Gasteiger partial charge in [-0.15, -0.1) is 0 Å². The average molecular weight is 351 g/mol.